The topological polar surface area (TPSA) is 30.9 Å². The van der Waals surface area contributed by atoms with Gasteiger partial charge in [-0.25, -0.2) is 0 Å². The summed E-state index contributed by atoms with van der Waals surface area (Å²) in [5.74, 6) is 2.36. The zero-order chi connectivity index (χ0) is 17.5. The number of guanidine groups is 1. The van der Waals surface area contributed by atoms with E-state index in [1.807, 2.05) is 0 Å². The molecule has 2 aliphatic rings. The molecule has 2 aliphatic heterocycles. The molecule has 4 heteroatoms. The Labute approximate surface area is 153 Å². The third-order valence-corrected chi connectivity index (χ3v) is 5.41. The van der Waals surface area contributed by atoms with Crippen molar-refractivity contribution in [3.05, 3.63) is 35.9 Å². The summed E-state index contributed by atoms with van der Waals surface area (Å²) in [7, 11) is 0. The number of hydrogen-bond donors (Lipinski definition) is 1. The lowest BCUT2D eigenvalue weighted by atomic mass is 9.99. The fraction of sp³-hybridized carbons (Fsp3) is 0.667. The van der Waals surface area contributed by atoms with Gasteiger partial charge in [-0.05, 0) is 50.8 Å². The van der Waals surface area contributed by atoms with Gasteiger partial charge in [-0.2, -0.15) is 0 Å². The van der Waals surface area contributed by atoms with Crippen LogP contribution in [0.2, 0.25) is 0 Å². The van der Waals surface area contributed by atoms with Crippen molar-refractivity contribution in [1.29, 1.82) is 0 Å². The molecule has 0 amide bonds. The molecule has 2 fully saturated rings. The van der Waals surface area contributed by atoms with Crippen molar-refractivity contribution in [2.75, 3.05) is 45.8 Å². The summed E-state index contributed by atoms with van der Waals surface area (Å²) in [6.45, 7) is 12.3. The van der Waals surface area contributed by atoms with Crippen LogP contribution in [-0.4, -0.2) is 61.6 Å². The summed E-state index contributed by atoms with van der Waals surface area (Å²) in [6, 6.07) is 10.9. The van der Waals surface area contributed by atoms with Crippen LogP contribution in [0.1, 0.15) is 44.6 Å². The van der Waals surface area contributed by atoms with E-state index in [2.05, 4.69) is 59.3 Å². The molecule has 2 unspecified atom stereocenters. The Kier molecular flexibility index (Phi) is 6.74. The molecule has 0 aromatic heterocycles. The van der Waals surface area contributed by atoms with Crippen molar-refractivity contribution in [2.24, 2.45) is 10.9 Å². The van der Waals surface area contributed by atoms with Crippen LogP contribution in [-0.2, 0) is 0 Å². The normalized spacial score (nSPS) is 23.2. The van der Waals surface area contributed by atoms with Crippen molar-refractivity contribution in [3.8, 4) is 0 Å². The Morgan fingerprint density at radius 3 is 2.68 bits per heavy atom. The standard InChI is InChI=1S/C21H34N4/c1-3-22-21(23-15-18(2)16-24-12-7-8-13-24)25-14-11-20(17-25)19-9-5-4-6-10-19/h4-6,9-10,18,20H,3,7-8,11-17H2,1-2H3,(H,22,23). The van der Waals surface area contributed by atoms with E-state index >= 15 is 0 Å². The van der Waals surface area contributed by atoms with Gasteiger partial charge in [-0.15, -0.1) is 0 Å². The second-order valence-corrected chi connectivity index (χ2v) is 7.65. The van der Waals surface area contributed by atoms with Gasteiger partial charge in [0, 0.05) is 38.6 Å². The van der Waals surface area contributed by atoms with Crippen LogP contribution >= 0.6 is 0 Å². The first-order valence-electron chi connectivity index (χ1n) is 10.1. The molecular weight excluding hydrogens is 308 g/mol. The first-order valence-corrected chi connectivity index (χ1v) is 10.1. The first kappa shape index (κ1) is 18.2. The highest BCUT2D eigenvalue weighted by atomic mass is 15.3. The van der Waals surface area contributed by atoms with Crippen molar-refractivity contribution in [1.82, 2.24) is 15.1 Å². The largest absolute Gasteiger partial charge is 0.357 e. The number of benzene rings is 1. The summed E-state index contributed by atoms with van der Waals surface area (Å²) < 4.78 is 0. The molecule has 0 saturated carbocycles. The molecule has 1 aromatic carbocycles. The SMILES string of the molecule is CCNC(=NCC(C)CN1CCCC1)N1CCC(c2ccccc2)C1. The quantitative estimate of drug-likeness (QED) is 0.636. The molecule has 0 spiro atoms. The number of hydrogen-bond acceptors (Lipinski definition) is 2. The van der Waals surface area contributed by atoms with E-state index in [0.29, 0.717) is 11.8 Å². The molecule has 3 rings (SSSR count). The number of nitrogens with zero attached hydrogens (tertiary/aromatic N) is 3. The Morgan fingerprint density at radius 2 is 1.96 bits per heavy atom. The summed E-state index contributed by atoms with van der Waals surface area (Å²) in [5, 5.41) is 3.51. The second-order valence-electron chi connectivity index (χ2n) is 7.65. The van der Waals surface area contributed by atoms with Crippen molar-refractivity contribution in [2.45, 2.75) is 39.0 Å². The lowest BCUT2D eigenvalue weighted by molar-refractivity contribution is 0.291. The third kappa shape index (κ3) is 5.21. The minimum absolute atomic E-state index is 0.624. The highest BCUT2D eigenvalue weighted by Gasteiger charge is 2.26. The molecule has 4 nitrogen and oxygen atoms in total. The van der Waals surface area contributed by atoms with Crippen molar-refractivity contribution in [3.63, 3.8) is 0 Å². The third-order valence-electron chi connectivity index (χ3n) is 5.41. The van der Waals surface area contributed by atoms with Crippen LogP contribution in [0.25, 0.3) is 0 Å². The first-order chi connectivity index (χ1) is 12.3. The van der Waals surface area contributed by atoms with Crippen molar-refractivity contribution >= 4 is 5.96 Å². The van der Waals surface area contributed by atoms with E-state index in [1.165, 1.54) is 44.5 Å². The average Bonchev–Trinajstić information content (AvgIpc) is 3.31. The minimum Gasteiger partial charge on any atom is -0.357 e. The molecule has 2 atom stereocenters. The van der Waals surface area contributed by atoms with E-state index in [-0.39, 0.29) is 0 Å². The summed E-state index contributed by atoms with van der Waals surface area (Å²) >= 11 is 0. The highest BCUT2D eigenvalue weighted by Crippen LogP contribution is 2.26. The van der Waals surface area contributed by atoms with Gasteiger partial charge in [0.25, 0.3) is 0 Å². The molecule has 0 radical (unpaired) electrons. The monoisotopic (exact) mass is 342 g/mol. The highest BCUT2D eigenvalue weighted by molar-refractivity contribution is 5.80. The molecule has 2 saturated heterocycles. The number of likely N-dealkylation sites (tertiary alicyclic amines) is 2. The maximum absolute atomic E-state index is 4.97. The van der Waals surface area contributed by atoms with Gasteiger partial charge in [0.1, 0.15) is 0 Å². The molecular formula is C21H34N4. The van der Waals surface area contributed by atoms with Crippen LogP contribution in [0.4, 0.5) is 0 Å². The van der Waals surface area contributed by atoms with Crippen LogP contribution < -0.4 is 5.32 Å². The van der Waals surface area contributed by atoms with Gasteiger partial charge in [0.15, 0.2) is 5.96 Å². The zero-order valence-corrected chi connectivity index (χ0v) is 16.0. The van der Waals surface area contributed by atoms with Crippen LogP contribution in [0.15, 0.2) is 35.3 Å². The fourth-order valence-corrected chi connectivity index (χ4v) is 4.08. The van der Waals surface area contributed by atoms with Crippen LogP contribution in [0.5, 0.6) is 0 Å². The Hall–Kier alpha value is -1.55. The maximum atomic E-state index is 4.97. The molecule has 2 heterocycles. The maximum Gasteiger partial charge on any atom is 0.193 e. The lowest BCUT2D eigenvalue weighted by Gasteiger charge is -2.23. The summed E-state index contributed by atoms with van der Waals surface area (Å²) in [5.41, 5.74) is 1.46. The predicted octanol–water partition coefficient (Wildman–Crippen LogP) is 3.17. The van der Waals surface area contributed by atoms with E-state index in [0.717, 1.165) is 32.1 Å². The molecule has 1 N–H and O–H groups in total. The van der Waals surface area contributed by atoms with E-state index in [4.69, 9.17) is 4.99 Å². The van der Waals surface area contributed by atoms with Crippen molar-refractivity contribution < 1.29 is 0 Å². The molecule has 138 valence electrons. The number of aliphatic imine (C=N–C) groups is 1. The van der Waals surface area contributed by atoms with Gasteiger partial charge in [-0.1, -0.05) is 37.3 Å². The Morgan fingerprint density at radius 1 is 1.20 bits per heavy atom. The summed E-state index contributed by atoms with van der Waals surface area (Å²) in [4.78, 5) is 10.0. The van der Waals surface area contributed by atoms with Gasteiger partial charge < -0.3 is 15.1 Å². The fourth-order valence-electron chi connectivity index (χ4n) is 4.08. The summed E-state index contributed by atoms with van der Waals surface area (Å²) in [6.07, 6.45) is 3.96. The van der Waals surface area contributed by atoms with E-state index in [9.17, 15) is 0 Å². The molecule has 1 aromatic rings. The molecule has 0 bridgehead atoms. The lowest BCUT2D eigenvalue weighted by Crippen LogP contribution is -2.40. The molecule has 25 heavy (non-hydrogen) atoms. The van der Waals surface area contributed by atoms with Gasteiger partial charge >= 0.3 is 0 Å². The Balaban J connectivity index is 1.55. The smallest absolute Gasteiger partial charge is 0.193 e. The van der Waals surface area contributed by atoms with Gasteiger partial charge in [0.2, 0.25) is 0 Å². The van der Waals surface area contributed by atoms with E-state index in [1.54, 1.807) is 0 Å². The Bertz CT molecular complexity index is 536. The second kappa shape index (κ2) is 9.23. The average molecular weight is 343 g/mol. The van der Waals surface area contributed by atoms with Crippen LogP contribution in [0.3, 0.4) is 0 Å². The van der Waals surface area contributed by atoms with Gasteiger partial charge in [-0.3, -0.25) is 4.99 Å². The van der Waals surface area contributed by atoms with Gasteiger partial charge in [0.05, 0.1) is 0 Å². The number of rotatable bonds is 6. The molecule has 0 aliphatic carbocycles. The zero-order valence-electron chi connectivity index (χ0n) is 16.0. The van der Waals surface area contributed by atoms with Crippen LogP contribution in [0, 0.1) is 5.92 Å². The van der Waals surface area contributed by atoms with E-state index < -0.39 is 0 Å². The minimum atomic E-state index is 0.624. The number of nitrogens with one attached hydrogen (secondary N) is 1. The predicted molar refractivity (Wildman–Crippen MR) is 106 cm³/mol.